The Kier molecular flexibility index (Phi) is 7.11. The Morgan fingerprint density at radius 3 is 2.42 bits per heavy atom. The lowest BCUT2D eigenvalue weighted by Gasteiger charge is -2.34. The van der Waals surface area contributed by atoms with Crippen LogP contribution in [0.5, 0.6) is 5.75 Å². The molecule has 2 aromatic rings. The van der Waals surface area contributed by atoms with E-state index >= 15 is 0 Å². The van der Waals surface area contributed by atoms with Crippen LogP contribution in [-0.2, 0) is 16.6 Å². The number of benzene rings is 2. The molecule has 0 radical (unpaired) electrons. The highest BCUT2D eigenvalue weighted by atomic mass is 32.2. The second kappa shape index (κ2) is 9.61. The van der Waals surface area contributed by atoms with Crippen LogP contribution in [0.3, 0.4) is 0 Å². The lowest BCUT2D eigenvalue weighted by Crippen LogP contribution is -2.52. The van der Waals surface area contributed by atoms with E-state index in [1.54, 1.807) is 30.3 Å². The molecular formula is C21H25F2N3O4S. The molecular weight excluding hydrogens is 428 g/mol. The first-order valence-electron chi connectivity index (χ1n) is 9.81. The number of sulfonamides is 1. The second-order valence-electron chi connectivity index (χ2n) is 7.32. The molecule has 2 aromatic carbocycles. The van der Waals surface area contributed by atoms with E-state index in [1.165, 1.54) is 21.3 Å². The zero-order valence-corrected chi connectivity index (χ0v) is 18.2. The third-order valence-corrected chi connectivity index (χ3v) is 7.10. The highest BCUT2D eigenvalue weighted by Crippen LogP contribution is 2.21. The van der Waals surface area contributed by atoms with Gasteiger partial charge in [-0.25, -0.2) is 13.2 Å². The molecule has 0 bridgehead atoms. The van der Waals surface area contributed by atoms with Crippen molar-refractivity contribution in [3.63, 3.8) is 0 Å². The third kappa shape index (κ3) is 5.71. The molecule has 0 spiro atoms. The van der Waals surface area contributed by atoms with Gasteiger partial charge >= 0.3 is 12.6 Å². The van der Waals surface area contributed by atoms with Crippen LogP contribution in [0.15, 0.2) is 47.4 Å². The quantitative estimate of drug-likeness (QED) is 0.729. The van der Waals surface area contributed by atoms with Crippen LogP contribution < -0.4 is 10.1 Å². The maximum absolute atomic E-state index is 12.9. The van der Waals surface area contributed by atoms with Crippen LogP contribution in [0.2, 0.25) is 0 Å². The molecule has 1 aliphatic rings. The summed E-state index contributed by atoms with van der Waals surface area (Å²) in [5, 5.41) is 2.72. The maximum Gasteiger partial charge on any atom is 0.387 e. The molecule has 0 saturated carbocycles. The highest BCUT2D eigenvalue weighted by Gasteiger charge is 2.30. The van der Waals surface area contributed by atoms with Gasteiger partial charge in [0.15, 0.2) is 0 Å². The fourth-order valence-corrected chi connectivity index (χ4v) is 4.78. The van der Waals surface area contributed by atoms with Crippen LogP contribution in [0, 0.1) is 13.8 Å². The van der Waals surface area contributed by atoms with Gasteiger partial charge in [-0.2, -0.15) is 13.1 Å². The third-order valence-electron chi connectivity index (χ3n) is 5.21. The molecule has 1 fully saturated rings. The number of ether oxygens (including phenoxy) is 1. The number of urea groups is 1. The number of hydrogen-bond donors (Lipinski definition) is 1. The number of carbonyl (C=O) groups excluding carboxylic acids is 1. The minimum atomic E-state index is -3.62. The molecule has 168 valence electrons. The summed E-state index contributed by atoms with van der Waals surface area (Å²) in [5.41, 5.74) is 2.54. The number of alkyl halides is 2. The number of halogens is 2. The highest BCUT2D eigenvalue weighted by molar-refractivity contribution is 7.89. The minimum absolute atomic E-state index is 0.0203. The van der Waals surface area contributed by atoms with E-state index in [9.17, 15) is 22.0 Å². The summed E-state index contributed by atoms with van der Waals surface area (Å²) < 4.78 is 56.2. The van der Waals surface area contributed by atoms with Gasteiger partial charge in [-0.1, -0.05) is 18.2 Å². The van der Waals surface area contributed by atoms with E-state index < -0.39 is 16.6 Å². The predicted molar refractivity (Wildman–Crippen MR) is 112 cm³/mol. The summed E-state index contributed by atoms with van der Waals surface area (Å²) in [6, 6.07) is 10.8. The number of nitrogens with one attached hydrogen (secondary N) is 1. The fourth-order valence-electron chi connectivity index (χ4n) is 3.28. The van der Waals surface area contributed by atoms with E-state index in [0.717, 1.165) is 11.1 Å². The largest absolute Gasteiger partial charge is 0.435 e. The Hall–Kier alpha value is -2.72. The zero-order valence-electron chi connectivity index (χ0n) is 17.3. The van der Waals surface area contributed by atoms with Crippen molar-refractivity contribution in [2.45, 2.75) is 31.9 Å². The molecule has 10 heteroatoms. The molecule has 31 heavy (non-hydrogen) atoms. The lowest BCUT2D eigenvalue weighted by atomic mass is 10.1. The first kappa shape index (κ1) is 23.0. The molecule has 0 unspecified atom stereocenters. The first-order chi connectivity index (χ1) is 14.7. The number of hydrogen-bond acceptors (Lipinski definition) is 4. The van der Waals surface area contributed by atoms with Gasteiger partial charge in [0.2, 0.25) is 10.0 Å². The molecule has 0 aromatic heterocycles. The van der Waals surface area contributed by atoms with Crippen molar-refractivity contribution in [2.24, 2.45) is 0 Å². The van der Waals surface area contributed by atoms with Crippen molar-refractivity contribution in [3.05, 3.63) is 59.2 Å². The van der Waals surface area contributed by atoms with Crippen molar-refractivity contribution < 1.29 is 26.7 Å². The first-order valence-corrected chi connectivity index (χ1v) is 11.2. The monoisotopic (exact) mass is 453 g/mol. The molecule has 1 aliphatic heterocycles. The van der Waals surface area contributed by atoms with Gasteiger partial charge in [0.05, 0.1) is 4.90 Å². The van der Waals surface area contributed by atoms with Gasteiger partial charge in [0.1, 0.15) is 5.75 Å². The molecule has 3 rings (SSSR count). The number of rotatable bonds is 6. The van der Waals surface area contributed by atoms with Crippen molar-refractivity contribution in [2.75, 3.05) is 26.2 Å². The minimum Gasteiger partial charge on any atom is -0.435 e. The van der Waals surface area contributed by atoms with Crippen LogP contribution in [0.25, 0.3) is 0 Å². The van der Waals surface area contributed by atoms with E-state index in [1.807, 2.05) is 13.8 Å². The summed E-state index contributed by atoms with van der Waals surface area (Å²) in [7, 11) is -3.62. The summed E-state index contributed by atoms with van der Waals surface area (Å²) in [5.74, 6) is 0.0203. The van der Waals surface area contributed by atoms with Gasteiger partial charge in [-0.05, 0) is 54.8 Å². The van der Waals surface area contributed by atoms with Crippen LogP contribution in [-0.4, -0.2) is 56.4 Å². The van der Waals surface area contributed by atoms with E-state index in [4.69, 9.17) is 0 Å². The second-order valence-corrected chi connectivity index (χ2v) is 9.26. The summed E-state index contributed by atoms with van der Waals surface area (Å²) >= 11 is 0. The maximum atomic E-state index is 12.9. The zero-order chi connectivity index (χ0) is 22.6. The molecule has 0 atom stereocenters. The topological polar surface area (TPSA) is 79.0 Å². The standard InChI is InChI=1S/C21H25F2N3O4S/c1-15-6-7-19(12-16(15)2)31(28,29)26-10-8-25(9-11-26)21(27)24-14-17-4-3-5-18(13-17)30-20(22)23/h3-7,12-13,20H,8-11,14H2,1-2H3,(H,24,27). The number of piperazine rings is 1. The predicted octanol–water partition coefficient (Wildman–Crippen LogP) is 3.12. The average molecular weight is 454 g/mol. The van der Waals surface area contributed by atoms with Crippen molar-refractivity contribution in [1.82, 2.24) is 14.5 Å². The van der Waals surface area contributed by atoms with Gasteiger partial charge in [-0.15, -0.1) is 0 Å². The van der Waals surface area contributed by atoms with Crippen LogP contribution in [0.1, 0.15) is 16.7 Å². The molecule has 1 saturated heterocycles. The Morgan fingerprint density at radius 1 is 1.06 bits per heavy atom. The molecule has 2 amide bonds. The smallest absolute Gasteiger partial charge is 0.387 e. The van der Waals surface area contributed by atoms with Gasteiger partial charge in [-0.3, -0.25) is 0 Å². The Labute approximate surface area is 180 Å². The van der Waals surface area contributed by atoms with Gasteiger partial charge < -0.3 is 15.0 Å². The van der Waals surface area contributed by atoms with Crippen molar-refractivity contribution in [3.8, 4) is 5.75 Å². The van der Waals surface area contributed by atoms with Crippen LogP contribution in [0.4, 0.5) is 13.6 Å². The summed E-state index contributed by atoms with van der Waals surface area (Å²) in [6.45, 7) is 1.91. The molecule has 1 N–H and O–H groups in total. The number of aryl methyl sites for hydroxylation is 2. The fraction of sp³-hybridized carbons (Fsp3) is 0.381. The average Bonchev–Trinajstić information content (AvgIpc) is 2.74. The van der Waals surface area contributed by atoms with Crippen molar-refractivity contribution in [1.29, 1.82) is 0 Å². The Morgan fingerprint density at radius 2 is 1.77 bits per heavy atom. The number of nitrogens with zero attached hydrogens (tertiary/aromatic N) is 2. The summed E-state index contributed by atoms with van der Waals surface area (Å²) in [4.78, 5) is 14.2. The Balaban J connectivity index is 1.54. The van der Waals surface area contributed by atoms with Gasteiger partial charge in [0.25, 0.3) is 0 Å². The lowest BCUT2D eigenvalue weighted by molar-refractivity contribution is -0.0498. The normalized spacial score (nSPS) is 15.2. The Bertz CT molecular complexity index is 1040. The van der Waals surface area contributed by atoms with Gasteiger partial charge in [0, 0.05) is 32.7 Å². The SMILES string of the molecule is Cc1ccc(S(=O)(=O)N2CCN(C(=O)NCc3cccc(OC(F)F)c3)CC2)cc1C. The molecule has 0 aliphatic carbocycles. The number of carbonyl (C=O) groups is 1. The van der Waals surface area contributed by atoms with E-state index in [-0.39, 0.29) is 49.4 Å². The molecule has 1 heterocycles. The number of amides is 2. The summed E-state index contributed by atoms with van der Waals surface area (Å²) in [6.07, 6.45) is 0. The van der Waals surface area contributed by atoms with Crippen molar-refractivity contribution >= 4 is 16.1 Å². The molecule has 7 nitrogen and oxygen atoms in total. The van der Waals surface area contributed by atoms with Crippen LogP contribution >= 0.6 is 0 Å². The van der Waals surface area contributed by atoms with E-state index in [0.29, 0.717) is 5.56 Å². The van der Waals surface area contributed by atoms with E-state index in [2.05, 4.69) is 10.1 Å².